The van der Waals surface area contributed by atoms with E-state index in [1.807, 2.05) is 16.8 Å². The van der Waals surface area contributed by atoms with Gasteiger partial charge in [0.25, 0.3) is 0 Å². The number of aromatic nitrogens is 2. The van der Waals surface area contributed by atoms with Crippen molar-refractivity contribution in [2.75, 3.05) is 6.61 Å². The molecule has 3 heterocycles. The molecule has 2 fully saturated rings. The Kier molecular flexibility index (Phi) is 6.00. The van der Waals surface area contributed by atoms with Crippen LogP contribution >= 0.6 is 0 Å². The number of hydroxylamine groups is 2. The number of nitrogens with zero attached hydrogens (tertiary/aromatic N) is 5. The highest BCUT2D eigenvalue weighted by Gasteiger charge is 2.37. The summed E-state index contributed by atoms with van der Waals surface area (Å²) in [6.45, 7) is 1.19. The normalized spacial score (nSPS) is 22.4. The van der Waals surface area contributed by atoms with Gasteiger partial charge >= 0.3 is 0 Å². The Morgan fingerprint density at radius 1 is 1.09 bits per heavy atom. The maximum Gasteiger partial charge on any atom is 0.249 e. The number of carbonyl (C=O) groups excluding carboxylic acids is 1. The Bertz CT molecular complexity index is 1310. The van der Waals surface area contributed by atoms with Crippen molar-refractivity contribution in [3.63, 3.8) is 0 Å². The first-order chi connectivity index (χ1) is 16.6. The van der Waals surface area contributed by atoms with Crippen LogP contribution in [0.15, 0.2) is 42.9 Å². The number of hydrogen-bond donors (Lipinski definition) is 0. The number of carbonyl (C=O) groups is 1. The first-order valence-corrected chi connectivity index (χ1v) is 11.6. The summed E-state index contributed by atoms with van der Waals surface area (Å²) in [5, 5.41) is 20.4. The second-order valence-corrected chi connectivity index (χ2v) is 9.11. The number of pyridine rings is 1. The molecule has 0 spiro atoms. The minimum Gasteiger partial charge on any atom is -0.347 e. The van der Waals surface area contributed by atoms with Crippen molar-refractivity contribution in [2.24, 2.45) is 11.8 Å². The summed E-state index contributed by atoms with van der Waals surface area (Å²) in [4.78, 5) is 23.1. The van der Waals surface area contributed by atoms with E-state index >= 15 is 0 Å². The summed E-state index contributed by atoms with van der Waals surface area (Å²) in [5.41, 5.74) is 2.34. The third-order valence-corrected chi connectivity index (χ3v) is 7.01. The third-order valence-electron chi connectivity index (χ3n) is 7.01. The maximum atomic E-state index is 14.3. The molecule has 34 heavy (non-hydrogen) atoms. The maximum absolute atomic E-state index is 14.3. The molecule has 1 aliphatic carbocycles. The molecule has 1 aromatic carbocycles. The molecule has 1 atom stereocenters. The Morgan fingerprint density at radius 2 is 1.88 bits per heavy atom. The Balaban J connectivity index is 1.23. The van der Waals surface area contributed by atoms with Crippen molar-refractivity contribution < 1.29 is 14.0 Å². The average molecular weight is 458 g/mol. The molecular weight excluding hydrogens is 433 g/mol. The van der Waals surface area contributed by atoms with Gasteiger partial charge in [0.2, 0.25) is 5.91 Å². The van der Waals surface area contributed by atoms with Crippen LogP contribution in [-0.2, 0) is 16.2 Å². The number of benzene rings is 1. The van der Waals surface area contributed by atoms with Gasteiger partial charge in [-0.05, 0) is 61.4 Å². The van der Waals surface area contributed by atoms with E-state index in [9.17, 15) is 14.4 Å². The van der Waals surface area contributed by atoms with Gasteiger partial charge in [0.1, 0.15) is 11.9 Å². The zero-order valence-electron chi connectivity index (χ0n) is 18.7. The number of nitriles is 2. The average Bonchev–Trinajstić information content (AvgIpc) is 3.52. The molecular formula is C26H24FN5O2. The molecule has 1 amide bonds. The van der Waals surface area contributed by atoms with Gasteiger partial charge in [-0.3, -0.25) is 14.6 Å². The summed E-state index contributed by atoms with van der Waals surface area (Å²) < 4.78 is 16.3. The van der Waals surface area contributed by atoms with Crippen LogP contribution in [0, 0.1) is 40.3 Å². The highest BCUT2D eigenvalue weighted by molar-refractivity contribution is 5.82. The zero-order chi connectivity index (χ0) is 23.7. The third kappa shape index (κ3) is 4.13. The smallest absolute Gasteiger partial charge is 0.249 e. The highest BCUT2D eigenvalue weighted by atomic mass is 19.1. The molecule has 2 aromatic heterocycles. The molecule has 0 radical (unpaired) electrons. The number of halogens is 1. The zero-order valence-corrected chi connectivity index (χ0v) is 18.7. The lowest BCUT2D eigenvalue weighted by atomic mass is 9.81. The lowest BCUT2D eigenvalue weighted by Gasteiger charge is -2.32. The standard InChI is InChI=1S/C26H24FN5O2/c27-23-10-18(12-28)11-25-22(23)5-7-31(25)16-17-1-3-20(4-2-17)26(33)32-24(6-8-34-32)21-9-19(13-29)14-30-15-21/h5,7,9-11,14-15,17,20,24H,1-4,6,8,16H2/t17?,20?,24-/m0/s1. The predicted molar refractivity (Wildman–Crippen MR) is 121 cm³/mol. The van der Waals surface area contributed by atoms with Crippen LogP contribution in [0.3, 0.4) is 0 Å². The second kappa shape index (κ2) is 9.24. The Labute approximate surface area is 196 Å². The summed E-state index contributed by atoms with van der Waals surface area (Å²) in [7, 11) is 0. The Morgan fingerprint density at radius 3 is 2.65 bits per heavy atom. The molecule has 8 heteroatoms. The van der Waals surface area contributed by atoms with E-state index in [2.05, 4.69) is 11.1 Å². The van der Waals surface area contributed by atoms with Crippen molar-refractivity contribution in [1.29, 1.82) is 10.5 Å². The van der Waals surface area contributed by atoms with Crippen LogP contribution in [0.1, 0.15) is 54.8 Å². The molecule has 0 N–H and O–H groups in total. The fraction of sp³-hybridized carbons (Fsp3) is 0.385. The van der Waals surface area contributed by atoms with Crippen molar-refractivity contribution in [3.8, 4) is 12.1 Å². The molecule has 0 unspecified atom stereocenters. The number of fused-ring (bicyclic) bond motifs is 1. The van der Waals surface area contributed by atoms with Crippen LogP contribution in [0.5, 0.6) is 0 Å². The lowest BCUT2D eigenvalue weighted by Crippen LogP contribution is -2.37. The molecule has 3 aromatic rings. The van der Waals surface area contributed by atoms with Crippen molar-refractivity contribution in [1.82, 2.24) is 14.6 Å². The van der Waals surface area contributed by atoms with E-state index in [1.165, 1.54) is 17.3 Å². The van der Waals surface area contributed by atoms with E-state index < -0.39 is 0 Å². The fourth-order valence-electron chi connectivity index (χ4n) is 5.21. The van der Waals surface area contributed by atoms with Crippen LogP contribution in [-0.4, -0.2) is 27.1 Å². The van der Waals surface area contributed by atoms with Gasteiger partial charge in [0.05, 0.1) is 35.4 Å². The van der Waals surface area contributed by atoms with Gasteiger partial charge in [0.15, 0.2) is 0 Å². The number of hydrogen-bond acceptors (Lipinski definition) is 5. The monoisotopic (exact) mass is 457 g/mol. The van der Waals surface area contributed by atoms with Gasteiger partial charge in [0, 0.05) is 42.9 Å². The molecule has 5 rings (SSSR count). The summed E-state index contributed by atoms with van der Waals surface area (Å²) in [5.74, 6) is -0.110. The fourth-order valence-corrected chi connectivity index (χ4v) is 5.21. The van der Waals surface area contributed by atoms with E-state index in [4.69, 9.17) is 10.1 Å². The summed E-state index contributed by atoms with van der Waals surface area (Å²) >= 11 is 0. The molecule has 1 aliphatic heterocycles. The summed E-state index contributed by atoms with van der Waals surface area (Å²) in [6.07, 6.45) is 9.07. The van der Waals surface area contributed by atoms with Gasteiger partial charge < -0.3 is 4.57 Å². The van der Waals surface area contributed by atoms with Crippen LogP contribution in [0.25, 0.3) is 10.9 Å². The van der Waals surface area contributed by atoms with Crippen LogP contribution < -0.4 is 0 Å². The highest BCUT2D eigenvalue weighted by Crippen LogP contribution is 2.37. The van der Waals surface area contributed by atoms with Crippen molar-refractivity contribution >= 4 is 16.8 Å². The van der Waals surface area contributed by atoms with E-state index in [0.717, 1.165) is 43.3 Å². The minimum atomic E-state index is -0.377. The predicted octanol–water partition coefficient (Wildman–Crippen LogP) is 4.63. The summed E-state index contributed by atoms with van der Waals surface area (Å²) in [6, 6.07) is 10.4. The molecule has 2 aliphatic rings. The Hall–Kier alpha value is -3.75. The van der Waals surface area contributed by atoms with Gasteiger partial charge in [-0.1, -0.05) is 0 Å². The molecule has 0 bridgehead atoms. The van der Waals surface area contributed by atoms with E-state index in [0.29, 0.717) is 35.5 Å². The molecule has 7 nitrogen and oxygen atoms in total. The largest absolute Gasteiger partial charge is 0.347 e. The quantitative estimate of drug-likeness (QED) is 0.569. The minimum absolute atomic E-state index is 0.00421. The number of rotatable bonds is 4. The van der Waals surface area contributed by atoms with Gasteiger partial charge in [-0.25, -0.2) is 9.45 Å². The molecule has 172 valence electrons. The first-order valence-electron chi connectivity index (χ1n) is 11.6. The first kappa shape index (κ1) is 22.1. The molecule has 1 saturated carbocycles. The van der Waals surface area contributed by atoms with Crippen molar-refractivity contribution in [3.05, 3.63) is 65.4 Å². The topological polar surface area (TPSA) is 94.9 Å². The van der Waals surface area contributed by atoms with Crippen LogP contribution in [0.4, 0.5) is 4.39 Å². The SMILES string of the molecule is N#Cc1cncc([C@@H]2CCON2C(=O)C2CCC(Cn3ccc4c(F)cc(C#N)cc43)CC2)c1. The van der Waals surface area contributed by atoms with E-state index in [-0.39, 0.29) is 23.7 Å². The number of amides is 1. The lowest BCUT2D eigenvalue weighted by molar-refractivity contribution is -0.183. The van der Waals surface area contributed by atoms with E-state index in [1.54, 1.807) is 24.4 Å². The second-order valence-electron chi connectivity index (χ2n) is 9.11. The molecule has 1 saturated heterocycles. The van der Waals surface area contributed by atoms with Gasteiger partial charge in [-0.2, -0.15) is 10.5 Å². The van der Waals surface area contributed by atoms with Gasteiger partial charge in [-0.15, -0.1) is 0 Å². The van der Waals surface area contributed by atoms with Crippen LogP contribution in [0.2, 0.25) is 0 Å². The van der Waals surface area contributed by atoms with Crippen molar-refractivity contribution in [2.45, 2.75) is 44.7 Å².